The molecule has 3 amide bonds. The fourth-order valence-corrected chi connectivity index (χ4v) is 2.94. The third-order valence-electron chi connectivity index (χ3n) is 4.47. The fourth-order valence-electron chi connectivity index (χ4n) is 2.94. The average molecular weight is 384 g/mol. The van der Waals surface area contributed by atoms with Gasteiger partial charge in [0.05, 0.1) is 13.7 Å². The van der Waals surface area contributed by atoms with Crippen molar-refractivity contribution in [2.24, 2.45) is 0 Å². The monoisotopic (exact) mass is 384 g/mol. The molecule has 0 aliphatic carbocycles. The molecule has 9 heteroatoms. The summed E-state index contributed by atoms with van der Waals surface area (Å²) in [4.78, 5) is 36.5. The van der Waals surface area contributed by atoms with E-state index in [4.69, 9.17) is 4.74 Å². The van der Waals surface area contributed by atoms with Crippen molar-refractivity contribution in [3.8, 4) is 5.75 Å². The number of rotatable bonds is 6. The molecule has 0 spiro atoms. The van der Waals surface area contributed by atoms with E-state index in [1.54, 1.807) is 30.5 Å². The molecular formula is C19H24N6O3. The molecule has 28 heavy (non-hydrogen) atoms. The number of ether oxygens (including phenoxy) is 1. The second kappa shape index (κ2) is 9.54. The van der Waals surface area contributed by atoms with Gasteiger partial charge in [-0.25, -0.2) is 14.8 Å². The van der Waals surface area contributed by atoms with Gasteiger partial charge in [-0.3, -0.25) is 4.79 Å². The number of urea groups is 1. The van der Waals surface area contributed by atoms with E-state index in [1.807, 2.05) is 29.2 Å². The van der Waals surface area contributed by atoms with Crippen molar-refractivity contribution in [3.63, 3.8) is 0 Å². The zero-order chi connectivity index (χ0) is 19.8. The molecular weight excluding hydrogens is 360 g/mol. The molecule has 0 unspecified atom stereocenters. The minimum Gasteiger partial charge on any atom is -0.496 e. The molecule has 1 aliphatic heterocycles. The zero-order valence-corrected chi connectivity index (χ0v) is 15.8. The number of para-hydroxylation sites is 1. The molecule has 0 atom stereocenters. The highest BCUT2D eigenvalue weighted by atomic mass is 16.5. The first kappa shape index (κ1) is 19.4. The lowest BCUT2D eigenvalue weighted by Gasteiger charge is -2.34. The van der Waals surface area contributed by atoms with Crippen LogP contribution in [0.15, 0.2) is 42.7 Å². The summed E-state index contributed by atoms with van der Waals surface area (Å²) in [6.45, 7) is 2.67. The third kappa shape index (κ3) is 5.09. The summed E-state index contributed by atoms with van der Waals surface area (Å²) in [5, 5.41) is 5.45. The summed E-state index contributed by atoms with van der Waals surface area (Å²) in [6, 6.07) is 8.99. The van der Waals surface area contributed by atoms with Crippen LogP contribution >= 0.6 is 0 Å². The molecule has 2 heterocycles. The molecule has 0 radical (unpaired) electrons. The molecule has 2 aromatic rings. The van der Waals surface area contributed by atoms with Gasteiger partial charge in [0, 0.05) is 50.7 Å². The molecule has 0 bridgehead atoms. The molecule has 1 aromatic heterocycles. The van der Waals surface area contributed by atoms with Gasteiger partial charge >= 0.3 is 6.03 Å². The maximum Gasteiger partial charge on any atom is 0.317 e. The van der Waals surface area contributed by atoms with E-state index < -0.39 is 0 Å². The van der Waals surface area contributed by atoms with Crippen LogP contribution in [-0.4, -0.2) is 66.6 Å². The van der Waals surface area contributed by atoms with Gasteiger partial charge in [-0.1, -0.05) is 18.2 Å². The molecule has 148 valence electrons. The van der Waals surface area contributed by atoms with Crippen LogP contribution in [0, 0.1) is 0 Å². The quantitative estimate of drug-likeness (QED) is 0.758. The fraction of sp³-hybridized carbons (Fsp3) is 0.368. The second-order valence-electron chi connectivity index (χ2n) is 6.27. The Hall–Kier alpha value is -3.36. The van der Waals surface area contributed by atoms with Crippen LogP contribution in [0.3, 0.4) is 0 Å². The number of nitrogens with one attached hydrogen (secondary N) is 2. The van der Waals surface area contributed by atoms with Crippen molar-refractivity contribution in [3.05, 3.63) is 48.3 Å². The molecule has 3 rings (SSSR count). The van der Waals surface area contributed by atoms with Crippen LogP contribution in [0.2, 0.25) is 0 Å². The molecule has 1 aromatic carbocycles. The number of methoxy groups -OCH3 is 1. The summed E-state index contributed by atoms with van der Waals surface area (Å²) >= 11 is 0. The van der Waals surface area contributed by atoms with Gasteiger partial charge in [-0.15, -0.1) is 0 Å². The zero-order valence-electron chi connectivity index (χ0n) is 15.8. The van der Waals surface area contributed by atoms with E-state index in [0.717, 1.165) is 5.56 Å². The number of carbonyl (C=O) groups excluding carboxylic acids is 2. The summed E-state index contributed by atoms with van der Waals surface area (Å²) in [5.74, 6) is 1.13. The first-order chi connectivity index (χ1) is 13.7. The standard InChI is InChI=1S/C19H24N6O3/c1-28-16-6-3-2-5-15(16)13-22-17(26)14-23-19(27)25-11-9-24(10-12-25)18-20-7-4-8-21-18/h2-8H,9-14H2,1H3,(H,22,26)(H,23,27). The SMILES string of the molecule is COc1ccccc1CNC(=O)CNC(=O)N1CCN(c2ncccn2)CC1. The van der Waals surface area contributed by atoms with Crippen LogP contribution in [0.25, 0.3) is 0 Å². The molecule has 1 fully saturated rings. The molecule has 2 N–H and O–H groups in total. The Morgan fingerprint density at radius 1 is 1.04 bits per heavy atom. The second-order valence-corrected chi connectivity index (χ2v) is 6.27. The smallest absolute Gasteiger partial charge is 0.317 e. The lowest BCUT2D eigenvalue weighted by Crippen LogP contribution is -2.53. The number of amides is 3. The summed E-state index contributed by atoms with van der Waals surface area (Å²) in [6.07, 6.45) is 3.40. The van der Waals surface area contributed by atoms with Gasteiger partial charge in [0.15, 0.2) is 0 Å². The van der Waals surface area contributed by atoms with Crippen LogP contribution < -0.4 is 20.3 Å². The van der Waals surface area contributed by atoms with E-state index in [9.17, 15) is 9.59 Å². The van der Waals surface area contributed by atoms with Crippen LogP contribution in [0.5, 0.6) is 5.75 Å². The van der Waals surface area contributed by atoms with E-state index in [2.05, 4.69) is 20.6 Å². The normalized spacial score (nSPS) is 13.8. The number of anilines is 1. The molecule has 9 nitrogen and oxygen atoms in total. The van der Waals surface area contributed by atoms with Gasteiger partial charge in [0.2, 0.25) is 11.9 Å². The van der Waals surface area contributed by atoms with Crippen molar-refractivity contribution in [1.29, 1.82) is 0 Å². The maximum absolute atomic E-state index is 12.3. The van der Waals surface area contributed by atoms with Gasteiger partial charge in [0.25, 0.3) is 0 Å². The summed E-state index contributed by atoms with van der Waals surface area (Å²) in [5.41, 5.74) is 0.879. The third-order valence-corrected chi connectivity index (χ3v) is 4.47. The van der Waals surface area contributed by atoms with Gasteiger partial charge in [0.1, 0.15) is 5.75 Å². The number of carbonyl (C=O) groups is 2. The number of benzene rings is 1. The van der Waals surface area contributed by atoms with Crippen molar-refractivity contribution in [2.75, 3.05) is 44.7 Å². The number of nitrogens with zero attached hydrogens (tertiary/aromatic N) is 4. The van der Waals surface area contributed by atoms with E-state index in [0.29, 0.717) is 44.4 Å². The summed E-state index contributed by atoms with van der Waals surface area (Å²) in [7, 11) is 1.59. The average Bonchev–Trinajstić information content (AvgIpc) is 2.77. The predicted octanol–water partition coefficient (Wildman–Crippen LogP) is 0.633. The predicted molar refractivity (Wildman–Crippen MR) is 104 cm³/mol. The van der Waals surface area contributed by atoms with Crippen molar-refractivity contribution in [2.45, 2.75) is 6.54 Å². The Morgan fingerprint density at radius 3 is 2.46 bits per heavy atom. The topological polar surface area (TPSA) is 99.7 Å². The summed E-state index contributed by atoms with van der Waals surface area (Å²) < 4.78 is 5.26. The largest absolute Gasteiger partial charge is 0.496 e. The number of hydrogen-bond donors (Lipinski definition) is 2. The van der Waals surface area contributed by atoms with Crippen LogP contribution in [0.1, 0.15) is 5.56 Å². The Balaban J connectivity index is 1.39. The molecule has 1 saturated heterocycles. The lowest BCUT2D eigenvalue weighted by atomic mass is 10.2. The minimum absolute atomic E-state index is 0.0734. The Bertz CT molecular complexity index is 793. The highest BCUT2D eigenvalue weighted by molar-refractivity contribution is 5.84. The first-order valence-corrected chi connectivity index (χ1v) is 9.10. The highest BCUT2D eigenvalue weighted by Crippen LogP contribution is 2.16. The maximum atomic E-state index is 12.3. The van der Waals surface area contributed by atoms with Crippen molar-refractivity contribution in [1.82, 2.24) is 25.5 Å². The number of aromatic nitrogens is 2. The number of hydrogen-bond acceptors (Lipinski definition) is 6. The Kier molecular flexibility index (Phi) is 6.61. The lowest BCUT2D eigenvalue weighted by molar-refractivity contribution is -0.120. The van der Waals surface area contributed by atoms with Crippen LogP contribution in [0.4, 0.5) is 10.7 Å². The van der Waals surface area contributed by atoms with Crippen LogP contribution in [-0.2, 0) is 11.3 Å². The first-order valence-electron chi connectivity index (χ1n) is 9.10. The van der Waals surface area contributed by atoms with Gasteiger partial charge in [-0.2, -0.15) is 0 Å². The highest BCUT2D eigenvalue weighted by Gasteiger charge is 2.22. The van der Waals surface area contributed by atoms with Crippen molar-refractivity contribution < 1.29 is 14.3 Å². The van der Waals surface area contributed by atoms with Crippen molar-refractivity contribution >= 4 is 17.9 Å². The van der Waals surface area contributed by atoms with E-state index in [-0.39, 0.29) is 18.5 Å². The minimum atomic E-state index is -0.254. The number of piperazine rings is 1. The molecule has 1 aliphatic rings. The molecule has 0 saturated carbocycles. The van der Waals surface area contributed by atoms with Gasteiger partial charge in [-0.05, 0) is 12.1 Å². The Morgan fingerprint density at radius 2 is 1.75 bits per heavy atom. The van der Waals surface area contributed by atoms with Gasteiger partial charge < -0.3 is 25.2 Å². The van der Waals surface area contributed by atoms with E-state index >= 15 is 0 Å². The Labute approximate surface area is 163 Å². The van der Waals surface area contributed by atoms with E-state index in [1.165, 1.54) is 0 Å².